The van der Waals surface area contributed by atoms with Crippen molar-refractivity contribution < 1.29 is 35.3 Å². The van der Waals surface area contributed by atoms with Crippen molar-refractivity contribution in [2.75, 3.05) is 0 Å². The third-order valence-corrected chi connectivity index (χ3v) is 5.40. The van der Waals surface area contributed by atoms with Crippen molar-refractivity contribution in [2.24, 2.45) is 0 Å². The molecule has 0 spiro atoms. The zero-order valence-corrected chi connectivity index (χ0v) is 16.8. The Hall–Kier alpha value is -2.33. The van der Waals surface area contributed by atoms with Crippen molar-refractivity contribution in [1.29, 1.82) is 0 Å². The molecular formula is C20H19F6NO2S. The van der Waals surface area contributed by atoms with E-state index in [1.807, 2.05) is 0 Å². The van der Waals surface area contributed by atoms with Gasteiger partial charge in [0.2, 0.25) is 0 Å². The van der Waals surface area contributed by atoms with Gasteiger partial charge in [-0.2, -0.15) is 8.78 Å². The first-order valence-corrected chi connectivity index (χ1v) is 9.89. The number of hydrogen-bond donors (Lipinski definition) is 1. The number of ether oxygens (including phenoxy) is 1. The molecule has 3 nitrogen and oxygen atoms in total. The smallest absolute Gasteiger partial charge is 0.332 e. The molecule has 0 saturated heterocycles. The third-order valence-electron chi connectivity index (χ3n) is 4.07. The monoisotopic (exact) mass is 451 g/mol. The summed E-state index contributed by atoms with van der Waals surface area (Å²) in [6.07, 6.45) is -3.10. The Morgan fingerprint density at radius 2 is 1.77 bits per heavy atom. The van der Waals surface area contributed by atoms with Crippen LogP contribution in [0.15, 0.2) is 49.2 Å². The van der Waals surface area contributed by atoms with E-state index >= 15 is 0 Å². The van der Waals surface area contributed by atoms with Gasteiger partial charge in [-0.1, -0.05) is 12.6 Å². The fourth-order valence-corrected chi connectivity index (χ4v) is 3.33. The summed E-state index contributed by atoms with van der Waals surface area (Å²) in [5, 5.41) is -0.424. The maximum atomic E-state index is 14.1. The van der Waals surface area contributed by atoms with Crippen molar-refractivity contribution in [2.45, 2.75) is 37.5 Å². The molecule has 1 unspecified atom stereocenters. The highest BCUT2D eigenvalue weighted by Crippen LogP contribution is 2.37. The Labute approximate surface area is 172 Å². The molecule has 0 bridgehead atoms. The largest absolute Gasteiger partial charge is 0.463 e. The molecule has 1 N–H and O–H groups in total. The van der Waals surface area contributed by atoms with E-state index in [0.717, 1.165) is 18.4 Å². The SMILES string of the molecule is C=COc1cc([C@@H](NS(=O)C(C)C)c2cc(F)cc(C(F)(F)C(F)F)c2)ccc1F. The van der Waals surface area contributed by atoms with Gasteiger partial charge in [0.25, 0.3) is 0 Å². The lowest BCUT2D eigenvalue weighted by Crippen LogP contribution is -2.30. The molecule has 0 amide bonds. The van der Waals surface area contributed by atoms with Crippen LogP contribution in [0.3, 0.4) is 0 Å². The molecule has 2 aromatic carbocycles. The molecule has 2 aromatic rings. The molecular weight excluding hydrogens is 432 g/mol. The standard InChI is InChI=1S/C20H19F6NO2S/c1-4-29-17-9-12(5-6-16(17)22)18(27-30(28)11(2)3)13-7-14(10-15(21)8-13)20(25,26)19(23)24/h4-11,18-19,27H,1H2,2-3H3/t18-,30?/m1/s1. The van der Waals surface area contributed by atoms with Crippen molar-refractivity contribution in [3.8, 4) is 5.75 Å². The molecule has 0 radical (unpaired) electrons. The minimum atomic E-state index is -4.60. The van der Waals surface area contributed by atoms with Crippen molar-refractivity contribution in [3.05, 3.63) is 77.6 Å². The van der Waals surface area contributed by atoms with E-state index in [0.29, 0.717) is 12.1 Å². The lowest BCUT2D eigenvalue weighted by molar-refractivity contribution is -0.135. The Bertz CT molecular complexity index is 936. The Kier molecular flexibility index (Phi) is 7.70. The van der Waals surface area contributed by atoms with E-state index in [9.17, 15) is 30.6 Å². The highest BCUT2D eigenvalue weighted by atomic mass is 32.2. The second-order valence-electron chi connectivity index (χ2n) is 6.57. The lowest BCUT2D eigenvalue weighted by atomic mass is 9.95. The molecule has 0 aromatic heterocycles. The van der Waals surface area contributed by atoms with Gasteiger partial charge in [0.15, 0.2) is 11.6 Å². The van der Waals surface area contributed by atoms with E-state index in [-0.39, 0.29) is 16.9 Å². The van der Waals surface area contributed by atoms with E-state index in [1.54, 1.807) is 13.8 Å². The van der Waals surface area contributed by atoms with Gasteiger partial charge in [0.1, 0.15) is 5.82 Å². The number of hydrogen-bond acceptors (Lipinski definition) is 2. The predicted molar refractivity (Wildman–Crippen MR) is 102 cm³/mol. The van der Waals surface area contributed by atoms with E-state index < -0.39 is 51.8 Å². The van der Waals surface area contributed by atoms with Gasteiger partial charge in [0.05, 0.1) is 23.3 Å². The van der Waals surface area contributed by atoms with Crippen LogP contribution in [0, 0.1) is 11.6 Å². The topological polar surface area (TPSA) is 38.3 Å². The van der Waals surface area contributed by atoms with Gasteiger partial charge in [-0.3, -0.25) is 0 Å². The fraction of sp³-hybridized carbons (Fsp3) is 0.300. The summed E-state index contributed by atoms with van der Waals surface area (Å²) in [6, 6.07) is 4.10. The van der Waals surface area contributed by atoms with Gasteiger partial charge in [0, 0.05) is 10.8 Å². The minimum absolute atomic E-state index is 0.180. The Morgan fingerprint density at radius 3 is 2.33 bits per heavy atom. The zero-order chi connectivity index (χ0) is 22.6. The van der Waals surface area contributed by atoms with E-state index in [4.69, 9.17) is 4.74 Å². The molecule has 164 valence electrons. The summed E-state index contributed by atoms with van der Waals surface area (Å²) in [7, 11) is -1.72. The summed E-state index contributed by atoms with van der Waals surface area (Å²) in [4.78, 5) is 0. The molecule has 0 aliphatic carbocycles. The van der Waals surface area contributed by atoms with Crippen LogP contribution in [0.5, 0.6) is 5.75 Å². The van der Waals surface area contributed by atoms with Crippen LogP contribution in [0.25, 0.3) is 0 Å². The van der Waals surface area contributed by atoms with Gasteiger partial charge in [-0.15, -0.1) is 0 Å². The van der Waals surface area contributed by atoms with Crippen molar-refractivity contribution in [1.82, 2.24) is 4.72 Å². The van der Waals surface area contributed by atoms with E-state index in [2.05, 4.69) is 11.3 Å². The molecule has 0 saturated carbocycles. The van der Waals surface area contributed by atoms with Crippen LogP contribution in [-0.2, 0) is 16.9 Å². The number of nitrogens with one attached hydrogen (secondary N) is 1. The number of alkyl halides is 4. The maximum absolute atomic E-state index is 14.1. The number of rotatable bonds is 9. The predicted octanol–water partition coefficient (Wildman–Crippen LogP) is 5.60. The molecule has 2 rings (SSSR count). The van der Waals surface area contributed by atoms with Gasteiger partial charge >= 0.3 is 12.3 Å². The first-order valence-electron chi connectivity index (χ1n) is 8.68. The average molecular weight is 451 g/mol. The summed E-state index contributed by atoms with van der Waals surface area (Å²) >= 11 is 0. The molecule has 0 heterocycles. The summed E-state index contributed by atoms with van der Waals surface area (Å²) < 4.78 is 101. The second-order valence-corrected chi connectivity index (χ2v) is 8.34. The van der Waals surface area contributed by atoms with Crippen LogP contribution in [0.4, 0.5) is 26.3 Å². The lowest BCUT2D eigenvalue weighted by Gasteiger charge is -2.23. The Balaban J connectivity index is 2.64. The van der Waals surface area contributed by atoms with Crippen LogP contribution >= 0.6 is 0 Å². The minimum Gasteiger partial charge on any atom is -0.463 e. The van der Waals surface area contributed by atoms with Crippen molar-refractivity contribution >= 4 is 11.0 Å². The first kappa shape index (κ1) is 23.9. The molecule has 10 heteroatoms. The highest BCUT2D eigenvalue weighted by Gasteiger charge is 2.43. The van der Waals surface area contributed by atoms with E-state index in [1.165, 1.54) is 12.1 Å². The first-order chi connectivity index (χ1) is 14.0. The van der Waals surface area contributed by atoms with Gasteiger partial charge in [-0.05, 0) is 55.3 Å². The van der Waals surface area contributed by atoms with Crippen molar-refractivity contribution in [3.63, 3.8) is 0 Å². The molecule has 0 aliphatic rings. The second kappa shape index (κ2) is 9.65. The summed E-state index contributed by atoms with van der Waals surface area (Å²) in [5.41, 5.74) is -1.26. The number of benzene rings is 2. The van der Waals surface area contributed by atoms with Crippen LogP contribution < -0.4 is 9.46 Å². The zero-order valence-electron chi connectivity index (χ0n) is 16.0. The number of halogens is 6. The van der Waals surface area contributed by atoms with Crippen LogP contribution in [0.1, 0.15) is 36.6 Å². The molecule has 0 fully saturated rings. The maximum Gasteiger partial charge on any atom is 0.332 e. The van der Waals surface area contributed by atoms with Gasteiger partial charge in [-0.25, -0.2) is 26.5 Å². The summed E-state index contributed by atoms with van der Waals surface area (Å²) in [6.45, 7) is 6.53. The van der Waals surface area contributed by atoms with Gasteiger partial charge < -0.3 is 4.74 Å². The van der Waals surface area contributed by atoms with Crippen LogP contribution in [-0.4, -0.2) is 15.9 Å². The normalized spacial score (nSPS) is 14.1. The molecule has 30 heavy (non-hydrogen) atoms. The summed E-state index contributed by atoms with van der Waals surface area (Å²) in [5.74, 6) is -6.81. The molecule has 2 atom stereocenters. The highest BCUT2D eigenvalue weighted by molar-refractivity contribution is 7.83. The average Bonchev–Trinajstić information content (AvgIpc) is 2.67. The quantitative estimate of drug-likeness (QED) is 0.399. The third kappa shape index (κ3) is 5.42. The fourth-order valence-electron chi connectivity index (χ4n) is 2.56. The molecule has 0 aliphatic heterocycles. The Morgan fingerprint density at radius 1 is 1.10 bits per heavy atom. The van der Waals surface area contributed by atoms with Crippen LogP contribution in [0.2, 0.25) is 0 Å².